The van der Waals surface area contributed by atoms with Crippen molar-refractivity contribution in [3.8, 4) is 11.5 Å². The number of methoxy groups -OCH3 is 2. The molecular formula is C15H15ClN4O3. The summed E-state index contributed by atoms with van der Waals surface area (Å²) >= 11 is 6.06. The van der Waals surface area contributed by atoms with E-state index in [0.717, 1.165) is 5.56 Å². The molecule has 1 amide bonds. The van der Waals surface area contributed by atoms with Crippen LogP contribution in [0.4, 0.5) is 11.5 Å². The van der Waals surface area contributed by atoms with E-state index in [-0.39, 0.29) is 12.5 Å². The van der Waals surface area contributed by atoms with Gasteiger partial charge in [-0.2, -0.15) is 0 Å². The number of aromatic nitrogens is 2. The summed E-state index contributed by atoms with van der Waals surface area (Å²) in [5, 5.41) is 3.24. The quantitative estimate of drug-likeness (QED) is 0.863. The van der Waals surface area contributed by atoms with Crippen LogP contribution < -0.4 is 19.7 Å². The van der Waals surface area contributed by atoms with Gasteiger partial charge < -0.3 is 14.8 Å². The van der Waals surface area contributed by atoms with Crippen LogP contribution in [0.15, 0.2) is 24.5 Å². The van der Waals surface area contributed by atoms with Crippen LogP contribution in [0.25, 0.3) is 0 Å². The normalized spacial score (nSPS) is 13.3. The Morgan fingerprint density at radius 2 is 2.04 bits per heavy atom. The number of hydrogen-bond donors (Lipinski definition) is 1. The Kier molecular flexibility index (Phi) is 4.20. The number of benzene rings is 1. The highest BCUT2D eigenvalue weighted by molar-refractivity contribution is 6.33. The third kappa shape index (κ3) is 2.87. The number of nitrogens with one attached hydrogen (secondary N) is 1. The van der Waals surface area contributed by atoms with Crippen molar-refractivity contribution < 1.29 is 14.3 Å². The molecule has 8 heteroatoms. The number of carbonyl (C=O) groups excluding carboxylic acids is 1. The lowest BCUT2D eigenvalue weighted by atomic mass is 10.1. The van der Waals surface area contributed by atoms with Crippen molar-refractivity contribution >= 4 is 29.0 Å². The Balaban J connectivity index is 1.94. The molecule has 7 nitrogen and oxygen atoms in total. The van der Waals surface area contributed by atoms with Crippen LogP contribution in [0, 0.1) is 0 Å². The number of carbonyl (C=O) groups is 1. The van der Waals surface area contributed by atoms with Crippen molar-refractivity contribution in [2.75, 3.05) is 31.0 Å². The highest BCUT2D eigenvalue weighted by Gasteiger charge is 2.27. The third-order valence-corrected chi connectivity index (χ3v) is 3.83. The van der Waals surface area contributed by atoms with Gasteiger partial charge in [0.15, 0.2) is 22.5 Å². The Labute approximate surface area is 138 Å². The number of halogens is 1. The minimum absolute atomic E-state index is 0.0953. The van der Waals surface area contributed by atoms with E-state index >= 15 is 0 Å². The molecule has 0 saturated heterocycles. The van der Waals surface area contributed by atoms with Crippen molar-refractivity contribution in [3.05, 3.63) is 35.2 Å². The molecule has 0 bridgehead atoms. The van der Waals surface area contributed by atoms with Crippen LogP contribution in [0.5, 0.6) is 11.5 Å². The molecule has 0 fully saturated rings. The summed E-state index contributed by atoms with van der Waals surface area (Å²) in [7, 11) is 3.15. The van der Waals surface area contributed by atoms with Gasteiger partial charge in [-0.3, -0.25) is 9.69 Å². The fourth-order valence-corrected chi connectivity index (χ4v) is 2.61. The zero-order valence-corrected chi connectivity index (χ0v) is 13.4. The molecule has 0 saturated carbocycles. The first kappa shape index (κ1) is 15.4. The molecule has 1 aliphatic rings. The molecule has 1 aromatic heterocycles. The smallest absolute Gasteiger partial charge is 0.247 e. The standard InChI is InChI=1S/C15H15ClN4O3/c1-22-10-4-3-9(5-11(10)23-2)7-20-12(21)6-17-13-14(16)18-8-19-15(13)20/h3-5,8,17H,6-7H2,1-2H3. The molecule has 2 heterocycles. The molecule has 0 atom stereocenters. The average Bonchev–Trinajstić information content (AvgIpc) is 2.57. The number of nitrogens with zero attached hydrogens (tertiary/aromatic N) is 3. The van der Waals surface area contributed by atoms with E-state index in [1.807, 2.05) is 12.1 Å². The molecular weight excluding hydrogens is 320 g/mol. The molecule has 1 aliphatic heterocycles. The van der Waals surface area contributed by atoms with Crippen LogP contribution in [-0.2, 0) is 11.3 Å². The minimum atomic E-state index is -0.0953. The zero-order chi connectivity index (χ0) is 16.4. The topological polar surface area (TPSA) is 76.6 Å². The van der Waals surface area contributed by atoms with Gasteiger partial charge in [0.1, 0.15) is 12.0 Å². The van der Waals surface area contributed by atoms with Crippen LogP contribution >= 0.6 is 11.6 Å². The van der Waals surface area contributed by atoms with Crippen molar-refractivity contribution in [3.63, 3.8) is 0 Å². The molecule has 2 aromatic rings. The summed E-state index contributed by atoms with van der Waals surface area (Å²) in [5.41, 5.74) is 1.45. The van der Waals surface area contributed by atoms with E-state index < -0.39 is 0 Å². The minimum Gasteiger partial charge on any atom is -0.493 e. The van der Waals surface area contributed by atoms with Gasteiger partial charge in [-0.25, -0.2) is 9.97 Å². The summed E-state index contributed by atoms with van der Waals surface area (Å²) < 4.78 is 10.5. The summed E-state index contributed by atoms with van der Waals surface area (Å²) in [6, 6.07) is 5.50. The Bertz CT molecular complexity index is 753. The molecule has 1 aromatic carbocycles. The molecule has 0 unspecified atom stereocenters. The van der Waals surface area contributed by atoms with E-state index in [4.69, 9.17) is 21.1 Å². The first-order valence-corrected chi connectivity index (χ1v) is 7.27. The molecule has 120 valence electrons. The van der Waals surface area contributed by atoms with Gasteiger partial charge in [0.05, 0.1) is 27.3 Å². The lowest BCUT2D eigenvalue weighted by Gasteiger charge is -2.29. The molecule has 1 N–H and O–H groups in total. The lowest BCUT2D eigenvalue weighted by molar-refractivity contribution is -0.117. The maximum atomic E-state index is 12.3. The van der Waals surface area contributed by atoms with E-state index in [9.17, 15) is 4.79 Å². The zero-order valence-electron chi connectivity index (χ0n) is 12.7. The van der Waals surface area contributed by atoms with Gasteiger partial charge in [-0.05, 0) is 17.7 Å². The number of hydrogen-bond acceptors (Lipinski definition) is 6. The van der Waals surface area contributed by atoms with E-state index in [2.05, 4.69) is 15.3 Å². The number of ether oxygens (including phenoxy) is 2. The molecule has 0 aliphatic carbocycles. The highest BCUT2D eigenvalue weighted by Crippen LogP contribution is 2.34. The SMILES string of the molecule is COc1ccc(CN2C(=O)CNc3c(Cl)ncnc32)cc1OC. The predicted octanol–water partition coefficient (Wildman–Crippen LogP) is 2.11. The molecule has 0 spiro atoms. The Hall–Kier alpha value is -2.54. The second-order valence-corrected chi connectivity index (χ2v) is 5.24. The van der Waals surface area contributed by atoms with Gasteiger partial charge in [0.25, 0.3) is 0 Å². The first-order valence-electron chi connectivity index (χ1n) is 6.89. The van der Waals surface area contributed by atoms with Gasteiger partial charge in [-0.1, -0.05) is 17.7 Å². The fourth-order valence-electron chi connectivity index (χ4n) is 2.41. The van der Waals surface area contributed by atoms with Crippen molar-refractivity contribution in [1.82, 2.24) is 9.97 Å². The Morgan fingerprint density at radius 3 is 2.78 bits per heavy atom. The summed E-state index contributed by atoms with van der Waals surface area (Å²) in [6.07, 6.45) is 1.34. The van der Waals surface area contributed by atoms with Crippen LogP contribution in [0.3, 0.4) is 0 Å². The maximum absolute atomic E-state index is 12.3. The molecule has 23 heavy (non-hydrogen) atoms. The predicted molar refractivity (Wildman–Crippen MR) is 86.3 cm³/mol. The number of rotatable bonds is 4. The number of fused-ring (bicyclic) bond motifs is 1. The lowest BCUT2D eigenvalue weighted by Crippen LogP contribution is -2.40. The van der Waals surface area contributed by atoms with Gasteiger partial charge in [0.2, 0.25) is 5.91 Å². The monoisotopic (exact) mass is 334 g/mol. The fraction of sp³-hybridized carbons (Fsp3) is 0.267. The largest absolute Gasteiger partial charge is 0.493 e. The average molecular weight is 335 g/mol. The van der Waals surface area contributed by atoms with Crippen molar-refractivity contribution in [1.29, 1.82) is 0 Å². The van der Waals surface area contributed by atoms with Crippen molar-refractivity contribution in [2.24, 2.45) is 0 Å². The van der Waals surface area contributed by atoms with Gasteiger partial charge in [0, 0.05) is 0 Å². The van der Waals surface area contributed by atoms with Crippen LogP contribution in [0.2, 0.25) is 5.15 Å². The summed E-state index contributed by atoms with van der Waals surface area (Å²) in [5.74, 6) is 1.61. The van der Waals surface area contributed by atoms with Crippen molar-refractivity contribution in [2.45, 2.75) is 6.54 Å². The van der Waals surface area contributed by atoms with Gasteiger partial charge >= 0.3 is 0 Å². The van der Waals surface area contributed by atoms with E-state index in [0.29, 0.717) is 34.7 Å². The summed E-state index contributed by atoms with van der Waals surface area (Å²) in [6.45, 7) is 0.495. The number of amides is 1. The van der Waals surface area contributed by atoms with Crippen LogP contribution in [0.1, 0.15) is 5.56 Å². The van der Waals surface area contributed by atoms with E-state index in [1.54, 1.807) is 25.2 Å². The maximum Gasteiger partial charge on any atom is 0.247 e. The number of anilines is 2. The highest BCUT2D eigenvalue weighted by atomic mass is 35.5. The Morgan fingerprint density at radius 1 is 1.26 bits per heavy atom. The third-order valence-electron chi connectivity index (χ3n) is 3.54. The summed E-state index contributed by atoms with van der Waals surface area (Å²) in [4.78, 5) is 21.9. The molecule has 0 radical (unpaired) electrons. The van der Waals surface area contributed by atoms with Crippen LogP contribution in [-0.4, -0.2) is 36.6 Å². The van der Waals surface area contributed by atoms with E-state index in [1.165, 1.54) is 6.33 Å². The van der Waals surface area contributed by atoms with Gasteiger partial charge in [-0.15, -0.1) is 0 Å². The second kappa shape index (κ2) is 6.29. The molecule has 3 rings (SSSR count). The second-order valence-electron chi connectivity index (χ2n) is 4.89. The first-order chi connectivity index (χ1) is 11.1.